The summed E-state index contributed by atoms with van der Waals surface area (Å²) < 4.78 is 35.7. The Kier molecular flexibility index (Phi) is 4.47. The number of hydrogen-bond donors (Lipinski definition) is 2. The van der Waals surface area contributed by atoms with E-state index in [0.717, 1.165) is 18.9 Å². The van der Waals surface area contributed by atoms with Crippen molar-refractivity contribution in [3.05, 3.63) is 24.0 Å². The van der Waals surface area contributed by atoms with Crippen LogP contribution in [0.5, 0.6) is 0 Å². The monoisotopic (exact) mass is 260 g/mol. The molecule has 0 heterocycles. The van der Waals surface area contributed by atoms with Gasteiger partial charge in [-0.3, -0.25) is 0 Å². The summed E-state index contributed by atoms with van der Waals surface area (Å²) in [7, 11) is -3.85. The largest absolute Gasteiger partial charge is 0.380 e. The Bertz CT molecular complexity index is 484. The van der Waals surface area contributed by atoms with Crippen molar-refractivity contribution in [2.75, 3.05) is 5.32 Å². The van der Waals surface area contributed by atoms with Crippen molar-refractivity contribution in [1.29, 1.82) is 0 Å². The highest BCUT2D eigenvalue weighted by Gasteiger charge is 2.13. The Morgan fingerprint density at radius 1 is 1.35 bits per heavy atom. The van der Waals surface area contributed by atoms with E-state index in [-0.39, 0.29) is 10.9 Å². The van der Waals surface area contributed by atoms with Crippen LogP contribution in [-0.2, 0) is 10.0 Å². The summed E-state index contributed by atoms with van der Waals surface area (Å²) >= 11 is 0. The van der Waals surface area contributed by atoms with Gasteiger partial charge in [0, 0.05) is 6.04 Å². The van der Waals surface area contributed by atoms with Crippen LogP contribution in [0.4, 0.5) is 10.1 Å². The predicted octanol–water partition coefficient (Wildman–Crippen LogP) is 2.07. The summed E-state index contributed by atoms with van der Waals surface area (Å²) in [6.45, 7) is 4.00. The van der Waals surface area contributed by atoms with E-state index in [1.165, 1.54) is 12.1 Å². The molecular weight excluding hydrogens is 243 g/mol. The van der Waals surface area contributed by atoms with Crippen LogP contribution in [0.1, 0.15) is 26.7 Å². The quantitative estimate of drug-likeness (QED) is 0.851. The molecule has 0 radical (unpaired) electrons. The summed E-state index contributed by atoms with van der Waals surface area (Å²) in [6.07, 6.45) is 1.74. The predicted molar refractivity (Wildman–Crippen MR) is 65.8 cm³/mol. The van der Waals surface area contributed by atoms with Gasteiger partial charge in [0.15, 0.2) is 0 Å². The normalized spacial score (nSPS) is 11.8. The second-order valence-electron chi connectivity index (χ2n) is 3.84. The van der Waals surface area contributed by atoms with Gasteiger partial charge in [-0.2, -0.15) is 0 Å². The van der Waals surface area contributed by atoms with Gasteiger partial charge in [0.05, 0.1) is 10.6 Å². The van der Waals surface area contributed by atoms with Crippen LogP contribution in [0.2, 0.25) is 0 Å². The third-order valence-corrected chi connectivity index (χ3v) is 3.53. The average molecular weight is 260 g/mol. The second kappa shape index (κ2) is 5.46. The van der Waals surface area contributed by atoms with E-state index in [1.54, 1.807) is 0 Å². The minimum Gasteiger partial charge on any atom is -0.380 e. The number of sulfonamides is 1. The molecule has 4 nitrogen and oxygen atoms in total. The molecule has 17 heavy (non-hydrogen) atoms. The number of nitrogens with one attached hydrogen (secondary N) is 1. The highest BCUT2D eigenvalue weighted by atomic mass is 32.2. The highest BCUT2D eigenvalue weighted by molar-refractivity contribution is 7.89. The molecule has 6 heteroatoms. The minimum absolute atomic E-state index is 0.171. The molecule has 0 saturated heterocycles. The first-order valence-electron chi connectivity index (χ1n) is 5.47. The van der Waals surface area contributed by atoms with Crippen LogP contribution in [0, 0.1) is 5.82 Å². The fraction of sp³-hybridized carbons (Fsp3) is 0.455. The maximum absolute atomic E-state index is 13.6. The van der Waals surface area contributed by atoms with Gasteiger partial charge in [0.1, 0.15) is 5.82 Å². The zero-order valence-electron chi connectivity index (χ0n) is 9.90. The number of primary sulfonamides is 1. The molecule has 1 rings (SSSR count). The Labute approximate surface area is 101 Å². The lowest BCUT2D eigenvalue weighted by atomic mass is 10.1. The highest BCUT2D eigenvalue weighted by Crippen LogP contribution is 2.20. The fourth-order valence-corrected chi connectivity index (χ4v) is 2.03. The topological polar surface area (TPSA) is 72.2 Å². The summed E-state index contributed by atoms with van der Waals surface area (Å²) in [5.74, 6) is -0.608. The lowest BCUT2D eigenvalue weighted by Crippen LogP contribution is -2.18. The Hall–Kier alpha value is -1.14. The molecule has 0 unspecified atom stereocenters. The zero-order valence-corrected chi connectivity index (χ0v) is 10.7. The zero-order chi connectivity index (χ0) is 13.1. The average Bonchev–Trinajstić information content (AvgIpc) is 2.26. The lowest BCUT2D eigenvalue weighted by molar-refractivity contribution is 0.591. The van der Waals surface area contributed by atoms with E-state index in [1.807, 2.05) is 13.8 Å². The number of nitrogens with two attached hydrogens (primary N) is 1. The van der Waals surface area contributed by atoms with E-state index in [2.05, 4.69) is 5.32 Å². The molecule has 3 N–H and O–H groups in total. The van der Waals surface area contributed by atoms with Crippen molar-refractivity contribution in [1.82, 2.24) is 0 Å². The first kappa shape index (κ1) is 13.9. The Balaban J connectivity index is 2.98. The standard InChI is InChI=1S/C11H17FN2O2S/c1-3-8(4-2)14-11-6-5-9(7-10(11)12)17(13,15)16/h5-8,14H,3-4H2,1-2H3,(H2,13,15,16). The molecule has 0 aliphatic rings. The van der Waals surface area contributed by atoms with Crippen molar-refractivity contribution in [2.24, 2.45) is 5.14 Å². The SMILES string of the molecule is CCC(CC)Nc1ccc(S(N)(=O)=O)cc1F. The molecular formula is C11H17FN2O2S. The molecule has 0 fully saturated rings. The van der Waals surface area contributed by atoms with Gasteiger partial charge in [0.25, 0.3) is 0 Å². The van der Waals surface area contributed by atoms with Gasteiger partial charge in [-0.15, -0.1) is 0 Å². The Morgan fingerprint density at radius 3 is 2.35 bits per heavy atom. The molecule has 0 aromatic heterocycles. The summed E-state index contributed by atoms with van der Waals surface area (Å²) in [5, 5.41) is 7.93. The first-order valence-corrected chi connectivity index (χ1v) is 7.02. The van der Waals surface area contributed by atoms with Gasteiger partial charge in [0.2, 0.25) is 10.0 Å². The van der Waals surface area contributed by atoms with E-state index in [0.29, 0.717) is 5.69 Å². The van der Waals surface area contributed by atoms with Crippen molar-refractivity contribution in [3.63, 3.8) is 0 Å². The molecule has 96 valence electrons. The van der Waals surface area contributed by atoms with Crippen molar-refractivity contribution >= 4 is 15.7 Å². The summed E-state index contributed by atoms with van der Waals surface area (Å²) in [4.78, 5) is -0.218. The van der Waals surface area contributed by atoms with Gasteiger partial charge < -0.3 is 5.32 Å². The molecule has 0 aliphatic heterocycles. The van der Waals surface area contributed by atoms with Crippen molar-refractivity contribution < 1.29 is 12.8 Å². The maximum atomic E-state index is 13.6. The van der Waals surface area contributed by atoms with E-state index in [4.69, 9.17) is 5.14 Å². The van der Waals surface area contributed by atoms with Crippen LogP contribution in [0.15, 0.2) is 23.1 Å². The minimum atomic E-state index is -3.85. The molecule has 1 aromatic rings. The molecule has 0 amide bonds. The molecule has 0 saturated carbocycles. The fourth-order valence-electron chi connectivity index (χ4n) is 1.50. The van der Waals surface area contributed by atoms with E-state index >= 15 is 0 Å². The van der Waals surface area contributed by atoms with Crippen molar-refractivity contribution in [2.45, 2.75) is 37.6 Å². The molecule has 0 spiro atoms. The maximum Gasteiger partial charge on any atom is 0.238 e. The summed E-state index contributed by atoms with van der Waals surface area (Å²) in [5.41, 5.74) is 0.297. The number of anilines is 1. The van der Waals surface area contributed by atoms with Gasteiger partial charge >= 0.3 is 0 Å². The van der Waals surface area contributed by atoms with Crippen LogP contribution >= 0.6 is 0 Å². The second-order valence-corrected chi connectivity index (χ2v) is 5.41. The third-order valence-electron chi connectivity index (χ3n) is 2.61. The molecule has 0 bridgehead atoms. The van der Waals surface area contributed by atoms with Crippen molar-refractivity contribution in [3.8, 4) is 0 Å². The van der Waals surface area contributed by atoms with Gasteiger partial charge in [-0.1, -0.05) is 13.8 Å². The van der Waals surface area contributed by atoms with Crippen LogP contribution in [0.25, 0.3) is 0 Å². The van der Waals surface area contributed by atoms with Gasteiger partial charge in [-0.05, 0) is 31.0 Å². The first-order chi connectivity index (χ1) is 7.88. The van der Waals surface area contributed by atoms with E-state index in [9.17, 15) is 12.8 Å². The molecule has 0 aliphatic carbocycles. The van der Waals surface area contributed by atoms with Crippen LogP contribution in [-0.4, -0.2) is 14.5 Å². The smallest absolute Gasteiger partial charge is 0.238 e. The van der Waals surface area contributed by atoms with Crippen LogP contribution < -0.4 is 10.5 Å². The lowest BCUT2D eigenvalue weighted by Gasteiger charge is -2.16. The number of hydrogen-bond acceptors (Lipinski definition) is 3. The molecule has 0 atom stereocenters. The summed E-state index contributed by atoms with van der Waals surface area (Å²) in [6, 6.07) is 3.79. The number of halogens is 1. The van der Waals surface area contributed by atoms with Crippen LogP contribution in [0.3, 0.4) is 0 Å². The number of rotatable bonds is 5. The Morgan fingerprint density at radius 2 is 1.94 bits per heavy atom. The van der Waals surface area contributed by atoms with Gasteiger partial charge in [-0.25, -0.2) is 17.9 Å². The molecule has 1 aromatic carbocycles. The third kappa shape index (κ3) is 3.67. The van der Waals surface area contributed by atoms with E-state index < -0.39 is 15.8 Å². The number of benzene rings is 1.